The molecular weight excluding hydrogens is 601 g/mol. The second kappa shape index (κ2) is 10.9. The largest absolute Gasteiger partial charge is 0.308 e. The lowest BCUT2D eigenvalue weighted by Crippen LogP contribution is -1.98. The molecule has 230 valence electrons. The fraction of sp³-hybridized carbons (Fsp3) is 0. The third-order valence-corrected chi connectivity index (χ3v) is 9.35. The van der Waals surface area contributed by atoms with Crippen molar-refractivity contribution in [3.8, 4) is 50.7 Å². The van der Waals surface area contributed by atoms with Crippen LogP contribution in [0.15, 0.2) is 170 Å². The SMILES string of the molecule is c1ccc(-c2c(-c3cc(-c4nc5ccccn5c4-c4ccccc4)cc(-n4c5ccccc5c5ccncc54)c3)nc3ccccn23)cc1. The molecule has 0 amide bonds. The Hall–Kier alpha value is -6.79. The highest BCUT2D eigenvalue weighted by atomic mass is 15.0. The maximum absolute atomic E-state index is 5.28. The number of benzene rings is 4. The summed E-state index contributed by atoms with van der Waals surface area (Å²) in [4.78, 5) is 15.1. The van der Waals surface area contributed by atoms with Crippen LogP contribution in [0, 0.1) is 0 Å². The summed E-state index contributed by atoms with van der Waals surface area (Å²) < 4.78 is 6.68. The van der Waals surface area contributed by atoms with Crippen molar-refractivity contribution in [3.63, 3.8) is 0 Å². The minimum Gasteiger partial charge on any atom is -0.308 e. The Bertz CT molecular complexity index is 2640. The van der Waals surface area contributed by atoms with Crippen molar-refractivity contribution in [1.82, 2.24) is 28.3 Å². The summed E-state index contributed by atoms with van der Waals surface area (Å²) in [7, 11) is 0. The molecule has 0 aliphatic carbocycles. The Kier molecular flexibility index (Phi) is 6.08. The molecule has 0 saturated carbocycles. The highest BCUT2D eigenvalue weighted by Crippen LogP contribution is 2.41. The molecule has 6 aromatic heterocycles. The molecule has 0 unspecified atom stereocenters. The normalized spacial score (nSPS) is 11.7. The number of imidazole rings is 2. The maximum Gasteiger partial charge on any atom is 0.137 e. The lowest BCUT2D eigenvalue weighted by Gasteiger charge is -2.14. The Morgan fingerprint density at radius 1 is 0.429 bits per heavy atom. The summed E-state index contributed by atoms with van der Waals surface area (Å²) in [5, 5.41) is 2.34. The van der Waals surface area contributed by atoms with Gasteiger partial charge in [-0.3, -0.25) is 13.8 Å². The lowest BCUT2D eigenvalue weighted by molar-refractivity contribution is 1.16. The van der Waals surface area contributed by atoms with Crippen LogP contribution in [0.5, 0.6) is 0 Å². The van der Waals surface area contributed by atoms with E-state index in [4.69, 9.17) is 9.97 Å². The second-order valence-corrected chi connectivity index (χ2v) is 12.2. The number of hydrogen-bond acceptors (Lipinski definition) is 3. The predicted molar refractivity (Wildman–Crippen MR) is 198 cm³/mol. The van der Waals surface area contributed by atoms with Gasteiger partial charge < -0.3 is 4.57 Å². The molecule has 0 saturated heterocycles. The third-order valence-electron chi connectivity index (χ3n) is 9.35. The molecule has 6 heterocycles. The average molecular weight is 629 g/mol. The van der Waals surface area contributed by atoms with Crippen LogP contribution in [-0.4, -0.2) is 28.3 Å². The molecule has 0 aliphatic rings. The number of hydrogen-bond donors (Lipinski definition) is 0. The van der Waals surface area contributed by atoms with Crippen molar-refractivity contribution in [2.24, 2.45) is 0 Å². The van der Waals surface area contributed by atoms with Crippen molar-refractivity contribution in [2.75, 3.05) is 0 Å². The first-order valence-electron chi connectivity index (χ1n) is 16.4. The quantitative estimate of drug-likeness (QED) is 0.191. The minimum absolute atomic E-state index is 0.891. The average Bonchev–Trinajstić information content (AvgIpc) is 3.86. The van der Waals surface area contributed by atoms with Gasteiger partial charge in [-0.25, -0.2) is 9.97 Å². The standard InChI is InChI=1S/C43H28N6/c1-3-13-29(14-4-1)42-40(45-38-19-9-11-23-47(38)42)31-25-32(41-43(30-15-5-2-6-16-30)48-24-12-10-20-39(48)46-41)27-33(26-31)49-36-18-8-7-17-34(36)35-21-22-44-28-37(35)49/h1-28H. The van der Waals surface area contributed by atoms with Crippen LogP contribution in [-0.2, 0) is 0 Å². The first kappa shape index (κ1) is 27.3. The third kappa shape index (κ3) is 4.31. The molecule has 6 heteroatoms. The zero-order valence-corrected chi connectivity index (χ0v) is 26.3. The van der Waals surface area contributed by atoms with Gasteiger partial charge in [0.1, 0.15) is 11.3 Å². The van der Waals surface area contributed by atoms with Gasteiger partial charge in [0.05, 0.1) is 40.0 Å². The second-order valence-electron chi connectivity index (χ2n) is 12.2. The van der Waals surface area contributed by atoms with Crippen LogP contribution in [0.4, 0.5) is 0 Å². The minimum atomic E-state index is 0.891. The first-order valence-corrected chi connectivity index (χ1v) is 16.4. The molecule has 10 rings (SSSR count). The van der Waals surface area contributed by atoms with Crippen molar-refractivity contribution in [2.45, 2.75) is 0 Å². The Balaban J connectivity index is 1.33. The number of para-hydroxylation sites is 1. The summed E-state index contributed by atoms with van der Waals surface area (Å²) in [6, 6.07) is 50.8. The molecule has 0 bridgehead atoms. The van der Waals surface area contributed by atoms with E-state index in [1.165, 1.54) is 5.39 Å². The molecule has 6 nitrogen and oxygen atoms in total. The number of nitrogens with zero attached hydrogens (tertiary/aromatic N) is 6. The van der Waals surface area contributed by atoms with Gasteiger partial charge in [-0.05, 0) is 54.6 Å². The van der Waals surface area contributed by atoms with E-state index in [-0.39, 0.29) is 0 Å². The molecule has 4 aromatic carbocycles. The van der Waals surface area contributed by atoms with E-state index in [0.717, 1.165) is 78.4 Å². The summed E-state index contributed by atoms with van der Waals surface area (Å²) in [5.41, 5.74) is 13.1. The number of fused-ring (bicyclic) bond motifs is 5. The summed E-state index contributed by atoms with van der Waals surface area (Å²) in [5.74, 6) is 0. The van der Waals surface area contributed by atoms with E-state index in [1.54, 1.807) is 0 Å². The molecule has 0 fully saturated rings. The molecule has 0 radical (unpaired) electrons. The van der Waals surface area contributed by atoms with Gasteiger partial charge in [-0.2, -0.15) is 0 Å². The maximum atomic E-state index is 5.28. The number of pyridine rings is 3. The van der Waals surface area contributed by atoms with Crippen molar-refractivity contribution >= 4 is 33.1 Å². The fourth-order valence-electron chi connectivity index (χ4n) is 7.25. The van der Waals surface area contributed by atoms with Crippen molar-refractivity contribution in [1.29, 1.82) is 0 Å². The molecule has 0 N–H and O–H groups in total. The topological polar surface area (TPSA) is 52.4 Å². The Labute approximate surface area is 281 Å². The summed E-state index contributed by atoms with van der Waals surface area (Å²) >= 11 is 0. The first-order chi connectivity index (χ1) is 24.3. The number of rotatable bonds is 5. The Morgan fingerprint density at radius 3 is 1.57 bits per heavy atom. The summed E-state index contributed by atoms with van der Waals surface area (Å²) in [6.07, 6.45) is 8.01. The van der Waals surface area contributed by atoms with Crippen LogP contribution < -0.4 is 0 Å². The monoisotopic (exact) mass is 628 g/mol. The fourth-order valence-corrected chi connectivity index (χ4v) is 7.25. The van der Waals surface area contributed by atoms with Gasteiger partial charge in [-0.1, -0.05) is 91.0 Å². The number of aromatic nitrogens is 6. The predicted octanol–water partition coefficient (Wildman–Crippen LogP) is 10.1. The van der Waals surface area contributed by atoms with Crippen LogP contribution >= 0.6 is 0 Å². The Morgan fingerprint density at radius 2 is 0.959 bits per heavy atom. The smallest absolute Gasteiger partial charge is 0.137 e. The van der Waals surface area contributed by atoms with E-state index in [0.29, 0.717) is 0 Å². The molecule has 0 atom stereocenters. The van der Waals surface area contributed by atoms with Crippen LogP contribution in [0.25, 0.3) is 83.8 Å². The molecule has 0 aliphatic heterocycles. The molecule has 0 spiro atoms. The lowest BCUT2D eigenvalue weighted by atomic mass is 9.98. The highest BCUT2D eigenvalue weighted by molar-refractivity contribution is 6.09. The molecule has 49 heavy (non-hydrogen) atoms. The van der Waals surface area contributed by atoms with E-state index in [9.17, 15) is 0 Å². The van der Waals surface area contributed by atoms with Gasteiger partial charge in [0.25, 0.3) is 0 Å². The van der Waals surface area contributed by atoms with E-state index < -0.39 is 0 Å². The van der Waals surface area contributed by atoms with Gasteiger partial charge in [0.2, 0.25) is 0 Å². The highest BCUT2D eigenvalue weighted by Gasteiger charge is 2.22. The van der Waals surface area contributed by atoms with Gasteiger partial charge in [0.15, 0.2) is 0 Å². The van der Waals surface area contributed by atoms with Gasteiger partial charge >= 0.3 is 0 Å². The molecular formula is C43H28N6. The van der Waals surface area contributed by atoms with Crippen LogP contribution in [0.3, 0.4) is 0 Å². The van der Waals surface area contributed by atoms with Gasteiger partial charge in [0, 0.05) is 57.3 Å². The van der Waals surface area contributed by atoms with Crippen molar-refractivity contribution < 1.29 is 0 Å². The summed E-state index contributed by atoms with van der Waals surface area (Å²) in [6.45, 7) is 0. The molecule has 10 aromatic rings. The zero-order chi connectivity index (χ0) is 32.3. The van der Waals surface area contributed by atoms with Crippen LogP contribution in [0.2, 0.25) is 0 Å². The van der Waals surface area contributed by atoms with Gasteiger partial charge in [-0.15, -0.1) is 0 Å². The van der Waals surface area contributed by atoms with Crippen LogP contribution in [0.1, 0.15) is 0 Å². The van der Waals surface area contributed by atoms with E-state index >= 15 is 0 Å². The van der Waals surface area contributed by atoms with E-state index in [2.05, 4.69) is 164 Å². The zero-order valence-electron chi connectivity index (χ0n) is 26.3. The van der Waals surface area contributed by atoms with Crippen molar-refractivity contribution in [3.05, 3.63) is 170 Å². The van der Waals surface area contributed by atoms with E-state index in [1.807, 2.05) is 24.5 Å².